The second kappa shape index (κ2) is 5.36. The Kier molecular flexibility index (Phi) is 3.94. The van der Waals surface area contributed by atoms with E-state index in [1.807, 2.05) is 0 Å². The van der Waals surface area contributed by atoms with E-state index in [1.54, 1.807) is 6.92 Å². The third-order valence-electron chi connectivity index (χ3n) is 3.68. The van der Waals surface area contributed by atoms with Crippen LogP contribution < -0.4 is 5.73 Å². The van der Waals surface area contributed by atoms with Crippen LogP contribution in [0.15, 0.2) is 12.1 Å². The molecule has 110 valence electrons. The summed E-state index contributed by atoms with van der Waals surface area (Å²) in [6.07, 6.45) is 1.69. The lowest BCUT2D eigenvalue weighted by atomic mass is 9.98. The number of likely N-dealkylation sites (tertiary alicyclic amines) is 1. The molecule has 0 radical (unpaired) electrons. The highest BCUT2D eigenvalue weighted by atomic mass is 19.1. The first-order chi connectivity index (χ1) is 9.30. The summed E-state index contributed by atoms with van der Waals surface area (Å²) in [5.74, 6) is -2.31. The van der Waals surface area contributed by atoms with Gasteiger partial charge in [0.05, 0.1) is 5.60 Å². The molecule has 2 rings (SSSR count). The van der Waals surface area contributed by atoms with Crippen molar-refractivity contribution in [1.29, 1.82) is 0 Å². The van der Waals surface area contributed by atoms with Crippen LogP contribution in [0.1, 0.15) is 36.5 Å². The average Bonchev–Trinajstić information content (AvgIpc) is 2.55. The predicted octanol–water partition coefficient (Wildman–Crippen LogP) is 1.92. The van der Waals surface area contributed by atoms with Gasteiger partial charge in [0, 0.05) is 18.7 Å². The molecular weight excluding hydrogens is 266 g/mol. The van der Waals surface area contributed by atoms with E-state index in [4.69, 9.17) is 5.73 Å². The fraction of sp³-hybridized carbons (Fsp3) is 0.500. The number of nitrogens with two attached hydrogens (primary N) is 1. The summed E-state index contributed by atoms with van der Waals surface area (Å²) in [6.45, 7) is 2.55. The molecule has 4 nitrogen and oxygen atoms in total. The molecule has 1 amide bonds. The van der Waals surface area contributed by atoms with E-state index in [9.17, 15) is 18.7 Å². The van der Waals surface area contributed by atoms with Gasteiger partial charge in [0.15, 0.2) is 0 Å². The Hall–Kier alpha value is -1.69. The van der Waals surface area contributed by atoms with Crippen molar-refractivity contribution in [2.75, 3.05) is 18.8 Å². The van der Waals surface area contributed by atoms with Gasteiger partial charge in [-0.15, -0.1) is 0 Å². The number of rotatable bonds is 1. The maximum absolute atomic E-state index is 13.4. The lowest BCUT2D eigenvalue weighted by Gasteiger charge is -2.22. The fourth-order valence-electron chi connectivity index (χ4n) is 2.36. The highest BCUT2D eigenvalue weighted by Crippen LogP contribution is 2.24. The maximum Gasteiger partial charge on any atom is 0.254 e. The first kappa shape index (κ1) is 14.7. The number of hydrogen-bond donors (Lipinski definition) is 2. The highest BCUT2D eigenvalue weighted by molar-refractivity contribution is 5.94. The molecule has 20 heavy (non-hydrogen) atoms. The highest BCUT2D eigenvalue weighted by Gasteiger charge is 2.28. The molecule has 1 aliphatic heterocycles. The van der Waals surface area contributed by atoms with Crippen molar-refractivity contribution in [3.8, 4) is 0 Å². The summed E-state index contributed by atoms with van der Waals surface area (Å²) < 4.78 is 26.8. The molecule has 0 bridgehead atoms. The summed E-state index contributed by atoms with van der Waals surface area (Å²) in [6, 6.07) is 1.90. The molecule has 1 heterocycles. The minimum Gasteiger partial charge on any atom is -0.394 e. The van der Waals surface area contributed by atoms with Crippen LogP contribution >= 0.6 is 0 Å². The van der Waals surface area contributed by atoms with E-state index in [2.05, 4.69) is 0 Å². The molecule has 1 atom stereocenters. The van der Waals surface area contributed by atoms with Crippen LogP contribution in [0.5, 0.6) is 0 Å². The van der Waals surface area contributed by atoms with Gasteiger partial charge in [-0.25, -0.2) is 8.78 Å². The molecule has 3 N–H and O–H groups in total. The molecule has 6 heteroatoms. The molecular formula is C14H18F2N2O2. The number of hydrogen-bond acceptors (Lipinski definition) is 3. The van der Waals surface area contributed by atoms with Crippen molar-refractivity contribution >= 4 is 11.6 Å². The van der Waals surface area contributed by atoms with Gasteiger partial charge in [-0.2, -0.15) is 0 Å². The molecule has 1 aliphatic rings. The van der Waals surface area contributed by atoms with Gasteiger partial charge >= 0.3 is 0 Å². The summed E-state index contributed by atoms with van der Waals surface area (Å²) in [4.78, 5) is 13.8. The largest absolute Gasteiger partial charge is 0.394 e. The first-order valence-corrected chi connectivity index (χ1v) is 6.56. The molecule has 0 aromatic heterocycles. The zero-order valence-electron chi connectivity index (χ0n) is 11.3. The number of anilines is 1. The van der Waals surface area contributed by atoms with Gasteiger partial charge in [0.1, 0.15) is 17.3 Å². The van der Waals surface area contributed by atoms with Gasteiger partial charge in [-0.3, -0.25) is 4.79 Å². The number of aliphatic hydroxyl groups is 1. The number of halogens is 2. The van der Waals surface area contributed by atoms with Gasteiger partial charge in [0.2, 0.25) is 0 Å². The number of amides is 1. The Bertz CT molecular complexity index is 509. The third-order valence-corrected chi connectivity index (χ3v) is 3.68. The summed E-state index contributed by atoms with van der Waals surface area (Å²) in [7, 11) is 0. The Morgan fingerprint density at radius 1 is 1.30 bits per heavy atom. The van der Waals surface area contributed by atoms with Crippen LogP contribution in [0.25, 0.3) is 0 Å². The zero-order valence-corrected chi connectivity index (χ0v) is 11.3. The van der Waals surface area contributed by atoms with Crippen molar-refractivity contribution in [1.82, 2.24) is 4.90 Å². The van der Waals surface area contributed by atoms with Crippen molar-refractivity contribution in [2.24, 2.45) is 0 Å². The van der Waals surface area contributed by atoms with Gasteiger partial charge < -0.3 is 15.7 Å². The van der Waals surface area contributed by atoms with E-state index < -0.39 is 28.8 Å². The standard InChI is InChI=1S/C14H18F2N2O2/c1-14(20)3-2-5-18(6-4-14)13(19)9-7-10(15)12(17)11(16)8-9/h7-8,20H,2-6,17H2,1H3. The van der Waals surface area contributed by atoms with Crippen molar-refractivity contribution in [2.45, 2.75) is 31.8 Å². The van der Waals surface area contributed by atoms with Gasteiger partial charge in [-0.05, 0) is 38.3 Å². The van der Waals surface area contributed by atoms with Crippen molar-refractivity contribution in [3.63, 3.8) is 0 Å². The molecule has 1 aromatic carbocycles. The second-order valence-electron chi connectivity index (χ2n) is 5.50. The van der Waals surface area contributed by atoms with E-state index in [0.29, 0.717) is 32.4 Å². The molecule has 0 saturated carbocycles. The molecule has 1 unspecified atom stereocenters. The Morgan fingerprint density at radius 2 is 1.90 bits per heavy atom. The molecule has 0 spiro atoms. The smallest absolute Gasteiger partial charge is 0.254 e. The topological polar surface area (TPSA) is 66.6 Å². The SMILES string of the molecule is CC1(O)CCCN(C(=O)c2cc(F)c(N)c(F)c2)CC1. The first-order valence-electron chi connectivity index (χ1n) is 6.56. The lowest BCUT2D eigenvalue weighted by molar-refractivity contribution is 0.0438. The summed E-state index contributed by atoms with van der Waals surface area (Å²) in [5, 5.41) is 9.97. The average molecular weight is 284 g/mol. The lowest BCUT2D eigenvalue weighted by Crippen LogP contribution is -2.33. The third kappa shape index (κ3) is 3.07. The Morgan fingerprint density at radius 3 is 2.50 bits per heavy atom. The van der Waals surface area contributed by atoms with E-state index in [0.717, 1.165) is 12.1 Å². The van der Waals surface area contributed by atoms with Crippen LogP contribution in [0.4, 0.5) is 14.5 Å². The molecule has 0 aliphatic carbocycles. The maximum atomic E-state index is 13.4. The van der Waals surface area contributed by atoms with Crippen LogP contribution in [0, 0.1) is 11.6 Å². The monoisotopic (exact) mass is 284 g/mol. The number of carbonyl (C=O) groups excluding carboxylic acids is 1. The van der Waals surface area contributed by atoms with Crippen molar-refractivity contribution < 1.29 is 18.7 Å². The fourth-order valence-corrected chi connectivity index (χ4v) is 2.36. The van der Waals surface area contributed by atoms with Gasteiger partial charge in [0.25, 0.3) is 5.91 Å². The number of carbonyl (C=O) groups is 1. The minimum absolute atomic E-state index is 0.0595. The van der Waals surface area contributed by atoms with E-state index in [1.165, 1.54) is 4.90 Å². The van der Waals surface area contributed by atoms with Gasteiger partial charge in [-0.1, -0.05) is 0 Å². The van der Waals surface area contributed by atoms with Crippen molar-refractivity contribution in [3.05, 3.63) is 29.3 Å². The quantitative estimate of drug-likeness (QED) is 0.774. The molecule has 1 aromatic rings. The Labute approximate surface area is 116 Å². The predicted molar refractivity (Wildman–Crippen MR) is 71.1 cm³/mol. The number of nitrogens with zero attached hydrogens (tertiary/aromatic N) is 1. The molecule has 1 fully saturated rings. The van der Waals surface area contributed by atoms with Crippen LogP contribution in [-0.2, 0) is 0 Å². The summed E-state index contributed by atoms with van der Waals surface area (Å²) >= 11 is 0. The van der Waals surface area contributed by atoms with Crippen LogP contribution in [-0.4, -0.2) is 34.6 Å². The zero-order chi connectivity index (χ0) is 14.9. The number of nitrogen functional groups attached to an aromatic ring is 1. The van der Waals surface area contributed by atoms with E-state index in [-0.39, 0.29) is 5.56 Å². The van der Waals surface area contributed by atoms with Crippen LogP contribution in [0.3, 0.4) is 0 Å². The van der Waals surface area contributed by atoms with E-state index >= 15 is 0 Å². The summed E-state index contributed by atoms with van der Waals surface area (Å²) in [5.41, 5.74) is 3.74. The normalized spacial score (nSPS) is 23.5. The minimum atomic E-state index is -0.935. The second-order valence-corrected chi connectivity index (χ2v) is 5.50. The number of benzene rings is 1. The molecule has 1 saturated heterocycles. The Balaban J connectivity index is 2.19. The van der Waals surface area contributed by atoms with Crippen LogP contribution in [0.2, 0.25) is 0 Å².